The molecule has 6 heteroatoms. The Kier molecular flexibility index (Phi) is 6.40. The summed E-state index contributed by atoms with van der Waals surface area (Å²) in [5.41, 5.74) is 3.85. The van der Waals surface area contributed by atoms with Gasteiger partial charge >= 0.3 is 0 Å². The number of methoxy groups -OCH3 is 2. The van der Waals surface area contributed by atoms with E-state index < -0.39 is 0 Å². The van der Waals surface area contributed by atoms with Crippen LogP contribution in [-0.4, -0.2) is 29.7 Å². The highest BCUT2D eigenvalue weighted by atomic mass is 16.5. The molecule has 1 N–H and O–H groups in total. The third-order valence-electron chi connectivity index (χ3n) is 5.62. The van der Waals surface area contributed by atoms with E-state index >= 15 is 0 Å². The molecule has 4 rings (SSSR count). The fourth-order valence-electron chi connectivity index (χ4n) is 4.00. The summed E-state index contributed by atoms with van der Waals surface area (Å²) in [6.07, 6.45) is 0.854. The lowest BCUT2D eigenvalue weighted by molar-refractivity contribution is -0.121. The Bertz CT molecular complexity index is 1220. The fourth-order valence-corrected chi connectivity index (χ4v) is 4.00. The predicted molar refractivity (Wildman–Crippen MR) is 125 cm³/mol. The van der Waals surface area contributed by atoms with E-state index in [1.54, 1.807) is 14.2 Å². The van der Waals surface area contributed by atoms with Crippen molar-refractivity contribution in [1.29, 1.82) is 0 Å². The highest BCUT2D eigenvalue weighted by Crippen LogP contribution is 2.31. The van der Waals surface area contributed by atoms with Gasteiger partial charge in [0.15, 0.2) is 11.5 Å². The molecule has 6 nitrogen and oxygen atoms in total. The average molecular weight is 430 g/mol. The molecule has 1 heterocycles. The van der Waals surface area contributed by atoms with Crippen molar-refractivity contribution in [2.75, 3.05) is 14.2 Å². The zero-order valence-corrected chi connectivity index (χ0v) is 18.5. The monoisotopic (exact) mass is 429 g/mol. The first-order chi connectivity index (χ1) is 15.6. The van der Waals surface area contributed by atoms with Gasteiger partial charge in [-0.05, 0) is 35.7 Å². The summed E-state index contributed by atoms with van der Waals surface area (Å²) in [6, 6.07) is 23.3. The summed E-state index contributed by atoms with van der Waals surface area (Å²) in [4.78, 5) is 17.9. The minimum absolute atomic E-state index is 0.0595. The first kappa shape index (κ1) is 21.4. The number of hydrogen-bond acceptors (Lipinski definition) is 4. The molecule has 4 aromatic rings. The number of amides is 1. The number of aromatic nitrogens is 2. The molecule has 0 aliphatic heterocycles. The Labute approximate surface area is 187 Å². The van der Waals surface area contributed by atoms with Crippen LogP contribution in [0.2, 0.25) is 0 Å². The fraction of sp³-hybridized carbons (Fsp3) is 0.231. The second-order valence-corrected chi connectivity index (χ2v) is 7.58. The van der Waals surface area contributed by atoms with Crippen molar-refractivity contribution < 1.29 is 14.3 Å². The standard InChI is InChI=1S/C26H27N3O3/c1-29-21-14-8-7-13-20(21)27-26(29)24(18-10-5-4-6-11-18)28-23(30)17-16-19-12-9-15-22(31-2)25(19)32-3/h4-15,24H,16-17H2,1-3H3,(H,28,30). The van der Waals surface area contributed by atoms with Crippen molar-refractivity contribution in [2.24, 2.45) is 7.05 Å². The molecule has 1 aromatic heterocycles. The number of nitrogens with one attached hydrogen (secondary N) is 1. The van der Waals surface area contributed by atoms with E-state index in [4.69, 9.17) is 14.5 Å². The Morgan fingerprint density at radius 2 is 1.72 bits per heavy atom. The molecule has 1 atom stereocenters. The number of benzene rings is 3. The zero-order valence-electron chi connectivity index (χ0n) is 18.5. The number of hydrogen-bond donors (Lipinski definition) is 1. The number of imidazole rings is 1. The molecule has 0 fully saturated rings. The topological polar surface area (TPSA) is 65.4 Å². The second kappa shape index (κ2) is 9.56. The highest BCUT2D eigenvalue weighted by molar-refractivity contribution is 5.79. The summed E-state index contributed by atoms with van der Waals surface area (Å²) < 4.78 is 12.9. The lowest BCUT2D eigenvalue weighted by Crippen LogP contribution is -2.31. The Hall–Kier alpha value is -3.80. The number of fused-ring (bicyclic) bond motifs is 1. The lowest BCUT2D eigenvalue weighted by Gasteiger charge is -2.19. The number of carbonyl (C=O) groups excluding carboxylic acids is 1. The Balaban J connectivity index is 1.58. The number of ether oxygens (including phenoxy) is 2. The molecule has 0 aliphatic rings. The maximum atomic E-state index is 13.0. The van der Waals surface area contributed by atoms with Crippen molar-refractivity contribution in [1.82, 2.24) is 14.9 Å². The van der Waals surface area contributed by atoms with E-state index in [1.165, 1.54) is 0 Å². The lowest BCUT2D eigenvalue weighted by atomic mass is 10.0. The van der Waals surface area contributed by atoms with Crippen molar-refractivity contribution in [3.8, 4) is 11.5 Å². The van der Waals surface area contributed by atoms with Gasteiger partial charge in [0.05, 0.1) is 25.3 Å². The molecule has 3 aromatic carbocycles. The number of para-hydroxylation sites is 3. The van der Waals surface area contributed by atoms with Crippen molar-refractivity contribution in [3.63, 3.8) is 0 Å². The predicted octanol–water partition coefficient (Wildman–Crippen LogP) is 4.43. The van der Waals surface area contributed by atoms with E-state index in [0.717, 1.165) is 28.0 Å². The number of nitrogens with zero attached hydrogens (tertiary/aromatic N) is 2. The second-order valence-electron chi connectivity index (χ2n) is 7.58. The van der Waals surface area contributed by atoms with Crippen LogP contribution in [0.25, 0.3) is 11.0 Å². The van der Waals surface area contributed by atoms with Gasteiger partial charge in [0.2, 0.25) is 5.91 Å². The van der Waals surface area contributed by atoms with Crippen LogP contribution in [0.3, 0.4) is 0 Å². The van der Waals surface area contributed by atoms with Crippen molar-refractivity contribution in [3.05, 3.63) is 89.7 Å². The quantitative estimate of drug-likeness (QED) is 0.450. The van der Waals surface area contributed by atoms with Gasteiger partial charge in [-0.3, -0.25) is 4.79 Å². The molecule has 164 valence electrons. The van der Waals surface area contributed by atoms with Gasteiger partial charge in [0.25, 0.3) is 0 Å². The summed E-state index contributed by atoms with van der Waals surface area (Å²) in [5.74, 6) is 2.06. The average Bonchev–Trinajstić information content (AvgIpc) is 3.17. The van der Waals surface area contributed by atoms with Crippen molar-refractivity contribution in [2.45, 2.75) is 18.9 Å². The first-order valence-corrected chi connectivity index (χ1v) is 10.6. The molecule has 0 radical (unpaired) electrons. The van der Waals surface area contributed by atoms with Crippen molar-refractivity contribution >= 4 is 16.9 Å². The third-order valence-corrected chi connectivity index (χ3v) is 5.62. The van der Waals surface area contributed by atoms with Crippen LogP contribution in [0.1, 0.15) is 29.4 Å². The van der Waals surface area contributed by atoms with Crippen LogP contribution in [-0.2, 0) is 18.3 Å². The van der Waals surface area contributed by atoms with Gasteiger partial charge in [0, 0.05) is 13.5 Å². The molecule has 32 heavy (non-hydrogen) atoms. The smallest absolute Gasteiger partial charge is 0.221 e. The molecule has 0 aliphatic carbocycles. The molecular formula is C26H27N3O3. The number of aryl methyl sites for hydroxylation is 2. The van der Waals surface area contributed by atoms with Crippen LogP contribution in [0.5, 0.6) is 11.5 Å². The van der Waals surface area contributed by atoms with Crippen LogP contribution in [0.4, 0.5) is 0 Å². The number of rotatable bonds is 8. The minimum atomic E-state index is -0.353. The minimum Gasteiger partial charge on any atom is -0.493 e. The van der Waals surface area contributed by atoms with Gasteiger partial charge in [0.1, 0.15) is 11.9 Å². The van der Waals surface area contributed by atoms with E-state index in [2.05, 4.69) is 5.32 Å². The van der Waals surface area contributed by atoms with E-state index in [-0.39, 0.29) is 11.9 Å². The summed E-state index contributed by atoms with van der Waals surface area (Å²) >= 11 is 0. The summed E-state index contributed by atoms with van der Waals surface area (Å²) in [5, 5.41) is 3.19. The summed E-state index contributed by atoms with van der Waals surface area (Å²) in [7, 11) is 5.20. The molecule has 0 saturated heterocycles. The maximum Gasteiger partial charge on any atom is 0.221 e. The normalized spacial score (nSPS) is 11.8. The highest BCUT2D eigenvalue weighted by Gasteiger charge is 2.23. The van der Waals surface area contributed by atoms with Gasteiger partial charge in [-0.2, -0.15) is 0 Å². The van der Waals surface area contributed by atoms with Crippen LogP contribution >= 0.6 is 0 Å². The third kappa shape index (κ3) is 4.30. The van der Waals surface area contributed by atoms with Gasteiger partial charge in [-0.15, -0.1) is 0 Å². The van der Waals surface area contributed by atoms with Crippen LogP contribution < -0.4 is 14.8 Å². The van der Waals surface area contributed by atoms with Gasteiger partial charge in [-0.1, -0.05) is 54.6 Å². The Morgan fingerprint density at radius 1 is 0.969 bits per heavy atom. The van der Waals surface area contributed by atoms with Gasteiger partial charge in [-0.25, -0.2) is 4.98 Å². The molecular weight excluding hydrogens is 402 g/mol. The SMILES string of the molecule is COc1cccc(CCC(=O)NC(c2ccccc2)c2nc3ccccc3n2C)c1OC. The first-order valence-electron chi connectivity index (χ1n) is 10.6. The van der Waals surface area contributed by atoms with E-state index in [1.807, 2.05) is 84.4 Å². The van der Waals surface area contributed by atoms with Gasteiger partial charge < -0.3 is 19.4 Å². The molecule has 0 saturated carbocycles. The largest absolute Gasteiger partial charge is 0.493 e. The van der Waals surface area contributed by atoms with Crippen LogP contribution in [0, 0.1) is 0 Å². The zero-order chi connectivity index (χ0) is 22.5. The molecule has 1 unspecified atom stereocenters. The van der Waals surface area contributed by atoms with E-state index in [0.29, 0.717) is 24.3 Å². The molecule has 0 spiro atoms. The molecule has 0 bridgehead atoms. The van der Waals surface area contributed by atoms with E-state index in [9.17, 15) is 4.79 Å². The number of carbonyl (C=O) groups is 1. The molecule has 1 amide bonds. The van der Waals surface area contributed by atoms with Crippen LogP contribution in [0.15, 0.2) is 72.8 Å². The summed E-state index contributed by atoms with van der Waals surface area (Å²) in [6.45, 7) is 0. The maximum absolute atomic E-state index is 13.0. The Morgan fingerprint density at radius 3 is 2.44 bits per heavy atom.